The van der Waals surface area contributed by atoms with Crippen molar-refractivity contribution in [1.82, 2.24) is 15.1 Å². The third kappa shape index (κ3) is 3.72. The minimum Gasteiger partial charge on any atom is -0.339 e. The fourth-order valence-corrected chi connectivity index (χ4v) is 3.43. The van der Waals surface area contributed by atoms with Crippen LogP contribution in [0.25, 0.3) is 0 Å². The average Bonchev–Trinajstić information content (AvgIpc) is 2.87. The van der Waals surface area contributed by atoms with Crippen molar-refractivity contribution in [2.75, 3.05) is 32.7 Å². The fourth-order valence-electron chi connectivity index (χ4n) is 3.43. The van der Waals surface area contributed by atoms with Crippen LogP contribution in [-0.4, -0.2) is 54.3 Å². The van der Waals surface area contributed by atoms with Gasteiger partial charge in [-0.05, 0) is 31.4 Å². The molecule has 1 atom stereocenters. The molecule has 23 heavy (non-hydrogen) atoms. The van der Waals surface area contributed by atoms with Gasteiger partial charge in [-0.3, -0.25) is 9.59 Å². The summed E-state index contributed by atoms with van der Waals surface area (Å²) in [6.07, 6.45) is 3.42. The van der Waals surface area contributed by atoms with Crippen LogP contribution in [0.4, 0.5) is 0 Å². The van der Waals surface area contributed by atoms with Gasteiger partial charge in [-0.1, -0.05) is 30.3 Å². The van der Waals surface area contributed by atoms with Gasteiger partial charge in [0.1, 0.15) is 6.04 Å². The highest BCUT2D eigenvalue weighted by atomic mass is 16.2. The summed E-state index contributed by atoms with van der Waals surface area (Å²) < 4.78 is 0. The molecule has 0 spiro atoms. The third-order valence-corrected chi connectivity index (χ3v) is 4.67. The monoisotopic (exact) mass is 315 g/mol. The van der Waals surface area contributed by atoms with E-state index in [9.17, 15) is 9.59 Å². The van der Waals surface area contributed by atoms with E-state index in [2.05, 4.69) is 5.32 Å². The third-order valence-electron chi connectivity index (χ3n) is 4.67. The smallest absolute Gasteiger partial charge is 0.250 e. The Labute approximate surface area is 137 Å². The highest BCUT2D eigenvalue weighted by molar-refractivity contribution is 5.89. The lowest BCUT2D eigenvalue weighted by Gasteiger charge is -2.36. The first-order chi connectivity index (χ1) is 11.3. The second-order valence-electron chi connectivity index (χ2n) is 6.29. The second kappa shape index (κ2) is 7.59. The van der Waals surface area contributed by atoms with Crippen LogP contribution >= 0.6 is 0 Å². The van der Waals surface area contributed by atoms with E-state index in [4.69, 9.17) is 0 Å². The van der Waals surface area contributed by atoms with E-state index in [0.29, 0.717) is 19.5 Å². The quantitative estimate of drug-likeness (QED) is 0.921. The van der Waals surface area contributed by atoms with E-state index < -0.39 is 6.04 Å². The Morgan fingerprint density at radius 3 is 2.61 bits per heavy atom. The molecule has 2 saturated heterocycles. The lowest BCUT2D eigenvalue weighted by atomic mass is 10.00. The van der Waals surface area contributed by atoms with Crippen molar-refractivity contribution < 1.29 is 9.59 Å². The van der Waals surface area contributed by atoms with E-state index in [-0.39, 0.29) is 11.8 Å². The molecule has 3 rings (SSSR count). The van der Waals surface area contributed by atoms with Gasteiger partial charge in [-0.25, -0.2) is 0 Å². The van der Waals surface area contributed by atoms with Crippen molar-refractivity contribution in [2.45, 2.75) is 31.7 Å². The van der Waals surface area contributed by atoms with Gasteiger partial charge in [0.2, 0.25) is 11.8 Å². The summed E-state index contributed by atoms with van der Waals surface area (Å²) in [6, 6.07) is 9.27. The highest BCUT2D eigenvalue weighted by Gasteiger charge is 2.35. The van der Waals surface area contributed by atoms with Crippen molar-refractivity contribution in [3.05, 3.63) is 35.9 Å². The van der Waals surface area contributed by atoms with Crippen LogP contribution in [0, 0.1) is 0 Å². The molecule has 0 bridgehead atoms. The molecule has 124 valence electrons. The number of carbonyl (C=O) groups is 2. The van der Waals surface area contributed by atoms with E-state index >= 15 is 0 Å². The van der Waals surface area contributed by atoms with E-state index in [0.717, 1.165) is 44.5 Å². The van der Waals surface area contributed by atoms with Crippen LogP contribution in [0.5, 0.6) is 0 Å². The van der Waals surface area contributed by atoms with Crippen LogP contribution in [0.1, 0.15) is 37.3 Å². The number of nitrogens with one attached hydrogen (secondary N) is 1. The van der Waals surface area contributed by atoms with Gasteiger partial charge in [0.05, 0.1) is 0 Å². The Hall–Kier alpha value is -1.88. The summed E-state index contributed by atoms with van der Waals surface area (Å²) >= 11 is 0. The summed E-state index contributed by atoms with van der Waals surface area (Å²) in [5, 5.41) is 3.32. The average molecular weight is 315 g/mol. The van der Waals surface area contributed by atoms with Gasteiger partial charge in [0, 0.05) is 32.6 Å². The van der Waals surface area contributed by atoms with Crippen molar-refractivity contribution >= 4 is 11.8 Å². The van der Waals surface area contributed by atoms with Crippen LogP contribution < -0.4 is 5.32 Å². The zero-order valence-electron chi connectivity index (χ0n) is 13.5. The lowest BCUT2D eigenvalue weighted by molar-refractivity contribution is -0.147. The predicted octanol–water partition coefficient (Wildman–Crippen LogP) is 1.56. The molecule has 0 aromatic heterocycles. The van der Waals surface area contributed by atoms with Crippen LogP contribution in [0.15, 0.2) is 30.3 Å². The van der Waals surface area contributed by atoms with Crippen molar-refractivity contribution in [2.24, 2.45) is 0 Å². The molecular weight excluding hydrogens is 290 g/mol. The number of benzene rings is 1. The SMILES string of the molecule is O=C(C(c1ccccc1)N1CCCCC1=O)N1CCCNCC1. The van der Waals surface area contributed by atoms with Crippen LogP contribution in [0.3, 0.4) is 0 Å². The van der Waals surface area contributed by atoms with Gasteiger partial charge >= 0.3 is 0 Å². The van der Waals surface area contributed by atoms with Crippen LogP contribution in [-0.2, 0) is 9.59 Å². The summed E-state index contributed by atoms with van der Waals surface area (Å²) in [6.45, 7) is 3.92. The molecule has 0 aliphatic carbocycles. The van der Waals surface area contributed by atoms with E-state index in [1.165, 1.54) is 0 Å². The molecule has 1 unspecified atom stereocenters. The Morgan fingerprint density at radius 2 is 1.83 bits per heavy atom. The Balaban J connectivity index is 1.87. The molecule has 2 amide bonds. The molecule has 1 N–H and O–H groups in total. The van der Waals surface area contributed by atoms with E-state index in [1.807, 2.05) is 35.2 Å². The number of rotatable bonds is 3. The summed E-state index contributed by atoms with van der Waals surface area (Å²) in [5.74, 6) is 0.168. The minimum atomic E-state index is -0.470. The molecule has 0 saturated carbocycles. The number of hydrogen-bond acceptors (Lipinski definition) is 3. The van der Waals surface area contributed by atoms with Crippen molar-refractivity contribution in [1.29, 1.82) is 0 Å². The Kier molecular flexibility index (Phi) is 5.28. The van der Waals surface area contributed by atoms with Gasteiger partial charge in [0.25, 0.3) is 0 Å². The zero-order chi connectivity index (χ0) is 16.1. The normalized spacial score (nSPS) is 21.0. The number of nitrogens with zero attached hydrogens (tertiary/aromatic N) is 2. The molecule has 0 radical (unpaired) electrons. The fraction of sp³-hybridized carbons (Fsp3) is 0.556. The first-order valence-electron chi connectivity index (χ1n) is 8.61. The van der Waals surface area contributed by atoms with E-state index in [1.54, 1.807) is 4.90 Å². The standard InChI is InChI=1S/C18H25N3O2/c22-16-9-4-5-13-21(16)17(15-7-2-1-3-8-15)18(23)20-12-6-10-19-11-14-20/h1-3,7-8,17,19H,4-6,9-14H2. The predicted molar refractivity (Wildman–Crippen MR) is 88.8 cm³/mol. The second-order valence-corrected chi connectivity index (χ2v) is 6.29. The number of carbonyl (C=O) groups excluding carboxylic acids is 2. The number of piperidine rings is 1. The molecule has 5 nitrogen and oxygen atoms in total. The highest BCUT2D eigenvalue weighted by Crippen LogP contribution is 2.27. The minimum absolute atomic E-state index is 0.0650. The molecule has 5 heteroatoms. The summed E-state index contributed by atoms with van der Waals surface area (Å²) in [4.78, 5) is 29.3. The maximum absolute atomic E-state index is 13.2. The number of hydrogen-bond donors (Lipinski definition) is 1. The van der Waals surface area contributed by atoms with Gasteiger partial charge in [0.15, 0.2) is 0 Å². The van der Waals surface area contributed by atoms with Crippen LogP contribution in [0.2, 0.25) is 0 Å². The number of amides is 2. The summed E-state index contributed by atoms with van der Waals surface area (Å²) in [5.41, 5.74) is 0.921. The van der Waals surface area contributed by atoms with Crippen molar-refractivity contribution in [3.8, 4) is 0 Å². The molecule has 1 aromatic rings. The lowest BCUT2D eigenvalue weighted by Crippen LogP contribution is -2.48. The molecule has 2 aliphatic rings. The maximum atomic E-state index is 13.2. The summed E-state index contributed by atoms with van der Waals surface area (Å²) in [7, 11) is 0. The van der Waals surface area contributed by atoms with Gasteiger partial charge in [-0.15, -0.1) is 0 Å². The molecule has 2 aliphatic heterocycles. The van der Waals surface area contributed by atoms with Gasteiger partial charge in [-0.2, -0.15) is 0 Å². The topological polar surface area (TPSA) is 52.7 Å². The molecular formula is C18H25N3O2. The first-order valence-corrected chi connectivity index (χ1v) is 8.61. The number of likely N-dealkylation sites (tertiary alicyclic amines) is 1. The zero-order valence-corrected chi connectivity index (χ0v) is 13.5. The van der Waals surface area contributed by atoms with Gasteiger partial charge < -0.3 is 15.1 Å². The maximum Gasteiger partial charge on any atom is 0.250 e. The largest absolute Gasteiger partial charge is 0.339 e. The first kappa shape index (κ1) is 16.0. The molecule has 2 fully saturated rings. The Morgan fingerprint density at radius 1 is 1.00 bits per heavy atom. The molecule has 1 aromatic carbocycles. The Bertz CT molecular complexity index is 538. The molecule has 2 heterocycles. The van der Waals surface area contributed by atoms with Crippen molar-refractivity contribution in [3.63, 3.8) is 0 Å².